The SMILES string of the molecule is CCCC(NC(=O)c1ccc(Cl)cc1O)/C(N)=N/O. The van der Waals surface area contributed by atoms with Gasteiger partial charge in [-0.05, 0) is 24.6 Å². The summed E-state index contributed by atoms with van der Waals surface area (Å²) >= 11 is 5.69. The van der Waals surface area contributed by atoms with Gasteiger partial charge in [0.05, 0.1) is 11.6 Å². The fourth-order valence-corrected chi connectivity index (χ4v) is 1.75. The van der Waals surface area contributed by atoms with Crippen LogP contribution in [0.3, 0.4) is 0 Å². The Morgan fingerprint density at radius 2 is 2.26 bits per heavy atom. The molecule has 1 aromatic rings. The number of amides is 1. The summed E-state index contributed by atoms with van der Waals surface area (Å²) in [6.45, 7) is 1.91. The molecule has 0 saturated carbocycles. The van der Waals surface area contributed by atoms with Crippen LogP contribution in [0, 0.1) is 0 Å². The number of nitrogens with zero attached hydrogens (tertiary/aromatic N) is 1. The van der Waals surface area contributed by atoms with Crippen LogP contribution in [0.5, 0.6) is 5.75 Å². The van der Waals surface area contributed by atoms with Crippen molar-refractivity contribution in [1.29, 1.82) is 0 Å². The van der Waals surface area contributed by atoms with Gasteiger partial charge < -0.3 is 21.4 Å². The van der Waals surface area contributed by atoms with Crippen LogP contribution in [0.15, 0.2) is 23.4 Å². The maximum atomic E-state index is 12.0. The minimum absolute atomic E-state index is 0.0799. The van der Waals surface area contributed by atoms with Gasteiger partial charge in [-0.2, -0.15) is 0 Å². The summed E-state index contributed by atoms with van der Waals surface area (Å²) in [7, 11) is 0. The van der Waals surface area contributed by atoms with Crippen molar-refractivity contribution in [2.24, 2.45) is 10.9 Å². The van der Waals surface area contributed by atoms with Crippen molar-refractivity contribution in [2.45, 2.75) is 25.8 Å². The highest BCUT2D eigenvalue weighted by Crippen LogP contribution is 2.21. The van der Waals surface area contributed by atoms with Gasteiger partial charge >= 0.3 is 0 Å². The second-order valence-electron chi connectivity index (χ2n) is 4.00. The first-order chi connectivity index (χ1) is 8.99. The number of halogens is 1. The predicted octanol–water partition coefficient (Wildman–Crippen LogP) is 1.69. The molecule has 0 aliphatic heterocycles. The topological polar surface area (TPSA) is 108 Å². The summed E-state index contributed by atoms with van der Waals surface area (Å²) in [4.78, 5) is 12.0. The number of nitrogens with one attached hydrogen (secondary N) is 1. The van der Waals surface area contributed by atoms with Gasteiger partial charge in [-0.25, -0.2) is 0 Å². The molecule has 0 saturated heterocycles. The Kier molecular flexibility index (Phi) is 5.44. The number of amidine groups is 1. The van der Waals surface area contributed by atoms with Crippen molar-refractivity contribution < 1.29 is 15.1 Å². The number of oxime groups is 1. The summed E-state index contributed by atoms with van der Waals surface area (Å²) in [6, 6.07) is 3.59. The lowest BCUT2D eigenvalue weighted by atomic mass is 10.1. The number of carbonyl (C=O) groups excluding carboxylic acids is 1. The number of carbonyl (C=O) groups is 1. The first kappa shape index (κ1) is 15.1. The molecular formula is C12H16ClN3O3. The molecule has 0 aliphatic carbocycles. The number of benzene rings is 1. The first-order valence-corrected chi connectivity index (χ1v) is 6.14. The van der Waals surface area contributed by atoms with Crippen molar-refractivity contribution in [3.8, 4) is 5.75 Å². The largest absolute Gasteiger partial charge is 0.507 e. The Hall–Kier alpha value is -1.95. The van der Waals surface area contributed by atoms with E-state index in [1.807, 2.05) is 6.92 Å². The molecule has 0 bridgehead atoms. The molecule has 5 N–H and O–H groups in total. The smallest absolute Gasteiger partial charge is 0.255 e. The molecule has 1 atom stereocenters. The van der Waals surface area contributed by atoms with Gasteiger partial charge in [-0.1, -0.05) is 30.1 Å². The molecule has 0 spiro atoms. The summed E-state index contributed by atoms with van der Waals surface area (Å²) in [5.41, 5.74) is 5.57. The van der Waals surface area contributed by atoms with Crippen LogP contribution in [-0.2, 0) is 0 Å². The molecule has 1 unspecified atom stereocenters. The number of phenols is 1. The van der Waals surface area contributed by atoms with Crippen LogP contribution in [0.1, 0.15) is 30.1 Å². The molecule has 0 aromatic heterocycles. The van der Waals surface area contributed by atoms with Gasteiger partial charge in [0.25, 0.3) is 5.91 Å². The Morgan fingerprint density at radius 3 is 2.79 bits per heavy atom. The lowest BCUT2D eigenvalue weighted by Crippen LogP contribution is -2.44. The van der Waals surface area contributed by atoms with E-state index in [1.54, 1.807) is 0 Å². The third-order valence-corrected chi connectivity index (χ3v) is 2.79. The van der Waals surface area contributed by atoms with E-state index in [-0.39, 0.29) is 17.1 Å². The van der Waals surface area contributed by atoms with Gasteiger partial charge in [0, 0.05) is 5.02 Å². The fourth-order valence-electron chi connectivity index (χ4n) is 1.59. The highest BCUT2D eigenvalue weighted by Gasteiger charge is 2.19. The molecule has 7 heteroatoms. The maximum absolute atomic E-state index is 12.0. The minimum atomic E-state index is -0.586. The molecule has 19 heavy (non-hydrogen) atoms. The second-order valence-corrected chi connectivity index (χ2v) is 4.44. The number of hydrogen-bond acceptors (Lipinski definition) is 4. The third-order valence-electron chi connectivity index (χ3n) is 2.56. The molecule has 104 valence electrons. The molecule has 6 nitrogen and oxygen atoms in total. The van der Waals surface area contributed by atoms with Gasteiger partial charge in [0.15, 0.2) is 5.84 Å². The van der Waals surface area contributed by atoms with Crippen molar-refractivity contribution in [2.75, 3.05) is 0 Å². The van der Waals surface area contributed by atoms with E-state index in [4.69, 9.17) is 22.5 Å². The van der Waals surface area contributed by atoms with Crippen molar-refractivity contribution in [3.05, 3.63) is 28.8 Å². The Labute approximate surface area is 115 Å². The average Bonchev–Trinajstić information content (AvgIpc) is 2.37. The number of aromatic hydroxyl groups is 1. The zero-order valence-corrected chi connectivity index (χ0v) is 11.2. The molecular weight excluding hydrogens is 270 g/mol. The number of nitrogens with two attached hydrogens (primary N) is 1. The molecule has 1 aromatic carbocycles. The summed E-state index contributed by atoms with van der Waals surface area (Å²) < 4.78 is 0. The Balaban J connectivity index is 2.87. The average molecular weight is 286 g/mol. The maximum Gasteiger partial charge on any atom is 0.255 e. The zero-order chi connectivity index (χ0) is 14.4. The lowest BCUT2D eigenvalue weighted by Gasteiger charge is -2.17. The molecule has 0 aliphatic rings. The van der Waals surface area contributed by atoms with Gasteiger partial charge in [-0.15, -0.1) is 0 Å². The third kappa shape index (κ3) is 4.03. The van der Waals surface area contributed by atoms with Crippen LogP contribution in [0.25, 0.3) is 0 Å². The van der Waals surface area contributed by atoms with Gasteiger partial charge in [0.2, 0.25) is 0 Å². The zero-order valence-electron chi connectivity index (χ0n) is 10.4. The summed E-state index contributed by atoms with van der Waals surface area (Å²) in [6.07, 6.45) is 1.27. The Morgan fingerprint density at radius 1 is 1.58 bits per heavy atom. The summed E-state index contributed by atoms with van der Waals surface area (Å²) in [5.74, 6) is -0.817. The Bertz CT molecular complexity index is 491. The van der Waals surface area contributed by atoms with E-state index in [0.29, 0.717) is 11.4 Å². The van der Waals surface area contributed by atoms with E-state index in [1.165, 1.54) is 18.2 Å². The molecule has 0 fully saturated rings. The monoisotopic (exact) mass is 285 g/mol. The van der Waals surface area contributed by atoms with E-state index >= 15 is 0 Å². The predicted molar refractivity (Wildman–Crippen MR) is 72.7 cm³/mol. The highest BCUT2D eigenvalue weighted by atomic mass is 35.5. The van der Waals surface area contributed by atoms with Gasteiger partial charge in [-0.3, -0.25) is 4.79 Å². The normalized spacial score (nSPS) is 13.1. The first-order valence-electron chi connectivity index (χ1n) is 5.76. The van der Waals surface area contributed by atoms with Crippen molar-refractivity contribution in [3.63, 3.8) is 0 Å². The van der Waals surface area contributed by atoms with Gasteiger partial charge in [0.1, 0.15) is 5.75 Å². The van der Waals surface area contributed by atoms with Crippen LogP contribution in [0.4, 0.5) is 0 Å². The van der Waals surface area contributed by atoms with Crippen LogP contribution < -0.4 is 11.1 Å². The molecule has 0 radical (unpaired) electrons. The van der Waals surface area contributed by atoms with E-state index in [2.05, 4.69) is 10.5 Å². The van der Waals surface area contributed by atoms with Crippen molar-refractivity contribution in [1.82, 2.24) is 5.32 Å². The number of rotatable bonds is 5. The molecule has 1 amide bonds. The van der Waals surface area contributed by atoms with E-state index in [0.717, 1.165) is 6.42 Å². The number of hydrogen-bond donors (Lipinski definition) is 4. The van der Waals surface area contributed by atoms with Crippen molar-refractivity contribution >= 4 is 23.3 Å². The molecule has 0 heterocycles. The number of phenolic OH excluding ortho intramolecular Hbond substituents is 1. The van der Waals surface area contributed by atoms with Crippen LogP contribution in [0.2, 0.25) is 5.02 Å². The summed E-state index contributed by atoms with van der Waals surface area (Å²) in [5, 5.41) is 24.1. The molecule has 1 rings (SSSR count). The van der Waals surface area contributed by atoms with Crippen LogP contribution in [-0.4, -0.2) is 28.1 Å². The second kappa shape index (κ2) is 6.84. The highest BCUT2D eigenvalue weighted by molar-refractivity contribution is 6.30. The fraction of sp³-hybridized carbons (Fsp3) is 0.333. The minimum Gasteiger partial charge on any atom is -0.507 e. The quantitative estimate of drug-likeness (QED) is 0.286. The van der Waals surface area contributed by atoms with Crippen LogP contribution >= 0.6 is 11.6 Å². The standard InChI is InChI=1S/C12H16ClN3O3/c1-2-3-9(11(14)16-19)15-12(18)8-5-4-7(13)6-10(8)17/h4-6,9,17,19H,2-3H2,1H3,(H2,14,16)(H,15,18). The van der Waals surface area contributed by atoms with E-state index in [9.17, 15) is 9.90 Å². The lowest BCUT2D eigenvalue weighted by molar-refractivity contribution is 0.0942. The van der Waals surface area contributed by atoms with E-state index < -0.39 is 11.9 Å².